The maximum absolute atomic E-state index is 12.8. The Labute approximate surface area is 92.2 Å². The molecular weight excluding hydrogens is 205 g/mol. The van der Waals surface area contributed by atoms with Crippen molar-refractivity contribution in [3.63, 3.8) is 0 Å². The predicted molar refractivity (Wildman–Crippen MR) is 57.8 cm³/mol. The van der Waals surface area contributed by atoms with E-state index < -0.39 is 0 Å². The van der Waals surface area contributed by atoms with Crippen molar-refractivity contribution in [2.75, 3.05) is 0 Å². The highest BCUT2D eigenvalue weighted by atomic mass is 19.1. The van der Waals surface area contributed by atoms with E-state index in [0.717, 1.165) is 5.56 Å². The van der Waals surface area contributed by atoms with Crippen molar-refractivity contribution in [3.8, 4) is 6.07 Å². The highest BCUT2D eigenvalue weighted by Gasteiger charge is 2.07. The summed E-state index contributed by atoms with van der Waals surface area (Å²) >= 11 is 0. The Bertz CT molecular complexity index is 532. The summed E-state index contributed by atoms with van der Waals surface area (Å²) in [6, 6.07) is 11.4. The molecule has 0 aliphatic heterocycles. The third-order valence-corrected chi connectivity index (χ3v) is 2.15. The molecule has 2 rings (SSSR count). The van der Waals surface area contributed by atoms with Crippen LogP contribution >= 0.6 is 0 Å². The molecule has 1 heterocycles. The molecular formula is C13H8FNO. The average Bonchev–Trinajstić information content (AvgIpc) is 2.81. The smallest absolute Gasteiger partial charge is 0.135 e. The molecule has 0 radical (unpaired) electrons. The molecule has 1 aromatic carbocycles. The molecule has 0 bridgehead atoms. The van der Waals surface area contributed by atoms with Crippen LogP contribution in [0.3, 0.4) is 0 Å². The molecule has 2 nitrogen and oxygen atoms in total. The first-order valence-corrected chi connectivity index (χ1v) is 4.71. The van der Waals surface area contributed by atoms with Gasteiger partial charge in [-0.05, 0) is 29.8 Å². The van der Waals surface area contributed by atoms with Crippen LogP contribution in [0.1, 0.15) is 11.3 Å². The van der Waals surface area contributed by atoms with Crippen molar-refractivity contribution in [1.29, 1.82) is 5.26 Å². The Morgan fingerprint density at radius 1 is 1.25 bits per heavy atom. The SMILES string of the molecule is N#C/C=C(/c1ccc(F)cc1)c1ccco1. The summed E-state index contributed by atoms with van der Waals surface area (Å²) < 4.78 is 18.0. The normalized spacial score (nSPS) is 11.1. The molecule has 0 aliphatic carbocycles. The Kier molecular flexibility index (Phi) is 2.84. The van der Waals surface area contributed by atoms with E-state index in [0.29, 0.717) is 11.3 Å². The number of hydrogen-bond donors (Lipinski definition) is 0. The first-order valence-electron chi connectivity index (χ1n) is 4.71. The largest absolute Gasteiger partial charge is 0.464 e. The van der Waals surface area contributed by atoms with Crippen molar-refractivity contribution >= 4 is 5.57 Å². The van der Waals surface area contributed by atoms with E-state index in [1.165, 1.54) is 24.5 Å². The Balaban J connectivity index is 2.47. The summed E-state index contributed by atoms with van der Waals surface area (Å²) in [7, 11) is 0. The van der Waals surface area contributed by atoms with Gasteiger partial charge in [0.15, 0.2) is 0 Å². The van der Waals surface area contributed by atoms with Gasteiger partial charge in [0.1, 0.15) is 11.6 Å². The molecule has 3 heteroatoms. The number of furan rings is 1. The molecule has 0 amide bonds. The predicted octanol–water partition coefficient (Wildman–Crippen LogP) is 3.37. The van der Waals surface area contributed by atoms with Crippen LogP contribution in [0.2, 0.25) is 0 Å². The van der Waals surface area contributed by atoms with Gasteiger partial charge in [-0.25, -0.2) is 4.39 Å². The molecule has 0 saturated heterocycles. The van der Waals surface area contributed by atoms with Gasteiger partial charge >= 0.3 is 0 Å². The van der Waals surface area contributed by atoms with Gasteiger partial charge in [0, 0.05) is 11.6 Å². The summed E-state index contributed by atoms with van der Waals surface area (Å²) in [6.45, 7) is 0. The van der Waals surface area contributed by atoms with Crippen LogP contribution in [0, 0.1) is 17.1 Å². The third-order valence-electron chi connectivity index (χ3n) is 2.15. The highest BCUT2D eigenvalue weighted by Crippen LogP contribution is 2.23. The van der Waals surface area contributed by atoms with Gasteiger partial charge in [0.05, 0.1) is 12.3 Å². The van der Waals surface area contributed by atoms with Crippen molar-refractivity contribution in [2.24, 2.45) is 0 Å². The van der Waals surface area contributed by atoms with Crippen LogP contribution in [-0.4, -0.2) is 0 Å². The number of nitrogens with zero attached hydrogens (tertiary/aromatic N) is 1. The second kappa shape index (κ2) is 4.45. The van der Waals surface area contributed by atoms with E-state index in [-0.39, 0.29) is 5.82 Å². The lowest BCUT2D eigenvalue weighted by atomic mass is 10.0. The second-order valence-corrected chi connectivity index (χ2v) is 3.17. The topological polar surface area (TPSA) is 36.9 Å². The third kappa shape index (κ3) is 2.01. The van der Waals surface area contributed by atoms with Crippen LogP contribution in [0.15, 0.2) is 53.2 Å². The minimum absolute atomic E-state index is 0.306. The number of allylic oxidation sites excluding steroid dienone is 1. The van der Waals surface area contributed by atoms with Gasteiger partial charge < -0.3 is 4.42 Å². The van der Waals surface area contributed by atoms with Crippen LogP contribution in [0.4, 0.5) is 4.39 Å². The summed E-state index contributed by atoms with van der Waals surface area (Å²) in [6.07, 6.45) is 2.91. The second-order valence-electron chi connectivity index (χ2n) is 3.17. The molecule has 0 fully saturated rings. The van der Waals surface area contributed by atoms with E-state index in [1.807, 2.05) is 6.07 Å². The van der Waals surface area contributed by atoms with Gasteiger partial charge in [-0.3, -0.25) is 0 Å². The molecule has 78 valence electrons. The lowest BCUT2D eigenvalue weighted by molar-refractivity contribution is 0.553. The molecule has 0 spiro atoms. The molecule has 2 aromatic rings. The van der Waals surface area contributed by atoms with Gasteiger partial charge in [0.25, 0.3) is 0 Å². The maximum atomic E-state index is 12.8. The number of nitriles is 1. The van der Waals surface area contributed by atoms with Crippen LogP contribution in [-0.2, 0) is 0 Å². The van der Waals surface area contributed by atoms with E-state index in [9.17, 15) is 4.39 Å². The number of halogens is 1. The van der Waals surface area contributed by atoms with Crippen LogP contribution in [0.25, 0.3) is 5.57 Å². The van der Waals surface area contributed by atoms with Crippen molar-refractivity contribution in [3.05, 3.63) is 65.9 Å². The first-order chi connectivity index (χ1) is 7.81. The molecule has 0 unspecified atom stereocenters. The molecule has 16 heavy (non-hydrogen) atoms. The molecule has 0 N–H and O–H groups in total. The maximum Gasteiger partial charge on any atom is 0.135 e. The summed E-state index contributed by atoms with van der Waals surface area (Å²) in [5.41, 5.74) is 1.39. The standard InChI is InChI=1S/C13H8FNO/c14-11-5-3-10(4-6-11)12(7-8-15)13-2-1-9-16-13/h1-7,9H/b12-7-. The lowest BCUT2D eigenvalue weighted by Gasteiger charge is -2.02. The number of benzene rings is 1. The molecule has 1 aromatic heterocycles. The van der Waals surface area contributed by atoms with Crippen molar-refractivity contribution in [1.82, 2.24) is 0 Å². The zero-order valence-corrected chi connectivity index (χ0v) is 8.35. The van der Waals surface area contributed by atoms with E-state index in [1.54, 1.807) is 24.3 Å². The number of hydrogen-bond acceptors (Lipinski definition) is 2. The Morgan fingerprint density at radius 3 is 2.56 bits per heavy atom. The summed E-state index contributed by atoms with van der Waals surface area (Å²) in [5.74, 6) is 0.285. The first kappa shape index (κ1) is 10.2. The lowest BCUT2D eigenvalue weighted by Crippen LogP contribution is -1.86. The highest BCUT2D eigenvalue weighted by molar-refractivity contribution is 5.78. The fourth-order valence-corrected chi connectivity index (χ4v) is 1.42. The zero-order valence-electron chi connectivity index (χ0n) is 8.35. The minimum Gasteiger partial charge on any atom is -0.464 e. The van der Waals surface area contributed by atoms with E-state index in [2.05, 4.69) is 0 Å². The van der Waals surface area contributed by atoms with E-state index in [4.69, 9.17) is 9.68 Å². The fourth-order valence-electron chi connectivity index (χ4n) is 1.42. The molecule has 0 aliphatic rings. The van der Waals surface area contributed by atoms with Gasteiger partial charge in [-0.2, -0.15) is 5.26 Å². The summed E-state index contributed by atoms with van der Waals surface area (Å²) in [5, 5.41) is 8.71. The van der Waals surface area contributed by atoms with Crippen molar-refractivity contribution < 1.29 is 8.81 Å². The summed E-state index contributed by atoms with van der Waals surface area (Å²) in [4.78, 5) is 0. The van der Waals surface area contributed by atoms with Crippen molar-refractivity contribution in [2.45, 2.75) is 0 Å². The van der Waals surface area contributed by atoms with Gasteiger partial charge in [-0.1, -0.05) is 12.1 Å². The molecule has 0 atom stereocenters. The quantitative estimate of drug-likeness (QED) is 0.717. The zero-order chi connectivity index (χ0) is 11.4. The Hall–Kier alpha value is -2.34. The monoisotopic (exact) mass is 213 g/mol. The fraction of sp³-hybridized carbons (Fsp3) is 0. The minimum atomic E-state index is -0.306. The van der Waals surface area contributed by atoms with Gasteiger partial charge in [-0.15, -0.1) is 0 Å². The van der Waals surface area contributed by atoms with E-state index >= 15 is 0 Å². The Morgan fingerprint density at radius 2 is 2.00 bits per heavy atom. The average molecular weight is 213 g/mol. The van der Waals surface area contributed by atoms with Gasteiger partial charge in [0.2, 0.25) is 0 Å². The number of rotatable bonds is 2. The molecule has 0 saturated carbocycles. The van der Waals surface area contributed by atoms with Crippen LogP contribution < -0.4 is 0 Å². The van der Waals surface area contributed by atoms with Crippen LogP contribution in [0.5, 0.6) is 0 Å².